The molecule has 1 radical (unpaired) electrons. The van der Waals surface area contributed by atoms with Crippen molar-refractivity contribution in [3.8, 4) is 28.3 Å². The molecule has 0 saturated heterocycles. The topological polar surface area (TPSA) is 43.9 Å². The smallest absolute Gasteiger partial charge is 0.128 e. The average Bonchev–Trinajstić information content (AvgIpc) is 3.86. The molecule has 7 aromatic carbocycles. The van der Waals surface area contributed by atoms with E-state index in [2.05, 4.69) is 187 Å². The van der Waals surface area contributed by atoms with Gasteiger partial charge in [-0.25, -0.2) is 0 Å². The van der Waals surface area contributed by atoms with Crippen LogP contribution in [0.4, 0.5) is 0 Å². The molecule has 4 nitrogen and oxygen atoms in total. The summed E-state index contributed by atoms with van der Waals surface area (Å²) in [7, 11) is -1.50. The first-order valence-electron chi connectivity index (χ1n) is 23.6. The van der Waals surface area contributed by atoms with Crippen LogP contribution in [0.2, 0.25) is 19.6 Å². The summed E-state index contributed by atoms with van der Waals surface area (Å²) in [5.74, 6) is 0.952. The fourth-order valence-electron chi connectivity index (χ4n) is 9.25. The summed E-state index contributed by atoms with van der Waals surface area (Å²) in [5.41, 5.74) is 13.1. The Morgan fingerprint density at radius 2 is 1.32 bits per heavy atom. The number of para-hydroxylation sites is 2. The summed E-state index contributed by atoms with van der Waals surface area (Å²) in [6.45, 7) is 26.9. The van der Waals surface area contributed by atoms with Crippen molar-refractivity contribution in [3.63, 3.8) is 0 Å². The first-order valence-corrected chi connectivity index (χ1v) is 26.6. The molecule has 0 spiro atoms. The van der Waals surface area contributed by atoms with Gasteiger partial charge < -0.3 is 14.0 Å². The summed E-state index contributed by atoms with van der Waals surface area (Å²) >= 11 is 0. The van der Waals surface area contributed by atoms with Crippen LogP contribution in [0.1, 0.15) is 104 Å². The van der Waals surface area contributed by atoms with Crippen molar-refractivity contribution >= 4 is 67.8 Å². The van der Waals surface area contributed by atoms with Gasteiger partial charge in [0.25, 0.3) is 0 Å². The van der Waals surface area contributed by atoms with Crippen LogP contribution in [0, 0.1) is 12.1 Å². The number of rotatable bonds is 7. The zero-order valence-electron chi connectivity index (χ0n) is 41.4. The molecule has 0 atom stereocenters. The monoisotopic (exact) mass is 1060 g/mol. The number of hydrogen-bond donors (Lipinski definition) is 0. The van der Waals surface area contributed by atoms with Gasteiger partial charge in [-0.05, 0) is 79.0 Å². The van der Waals surface area contributed by atoms with E-state index in [-0.39, 0.29) is 25.5 Å². The first-order chi connectivity index (χ1) is 31.3. The van der Waals surface area contributed by atoms with Gasteiger partial charge in [0.05, 0.1) is 30.5 Å². The Bertz CT molecular complexity index is 3410. The second-order valence-electron chi connectivity index (χ2n) is 20.5. The molecule has 10 rings (SSSR count). The van der Waals surface area contributed by atoms with Crippen LogP contribution < -0.4 is 5.19 Å². The molecule has 0 fully saturated rings. The predicted octanol–water partition coefficient (Wildman–Crippen LogP) is 16.5. The molecule has 66 heavy (non-hydrogen) atoms. The van der Waals surface area contributed by atoms with E-state index in [1.54, 1.807) is 0 Å². The molecule has 0 aliphatic carbocycles. The molecule has 0 aliphatic heterocycles. The van der Waals surface area contributed by atoms with E-state index in [1.807, 2.05) is 50.4 Å². The van der Waals surface area contributed by atoms with Crippen molar-refractivity contribution in [2.24, 2.45) is 0 Å². The van der Waals surface area contributed by atoms with Crippen LogP contribution in [0.5, 0.6) is 0 Å². The maximum absolute atomic E-state index is 8.44. The van der Waals surface area contributed by atoms with Gasteiger partial charge in [0.2, 0.25) is 0 Å². The molecule has 0 unspecified atom stereocenters. The molecule has 0 amide bonds. The van der Waals surface area contributed by atoms with Crippen molar-refractivity contribution in [2.75, 3.05) is 0 Å². The van der Waals surface area contributed by atoms with Crippen LogP contribution in [0.3, 0.4) is 0 Å². The van der Waals surface area contributed by atoms with Crippen LogP contribution in [-0.4, -0.2) is 22.6 Å². The van der Waals surface area contributed by atoms with E-state index in [9.17, 15) is 0 Å². The third kappa shape index (κ3) is 8.72. The Kier molecular flexibility index (Phi) is 12.6. The fraction of sp³-hybridized carbons (Fsp3) is 0.267. The van der Waals surface area contributed by atoms with Crippen LogP contribution in [0.25, 0.3) is 82.8 Å². The zero-order valence-corrected chi connectivity index (χ0v) is 43.8. The number of furan rings is 1. The summed E-state index contributed by atoms with van der Waals surface area (Å²) in [4.78, 5) is 9.90. The van der Waals surface area contributed by atoms with Gasteiger partial charge in [0.15, 0.2) is 0 Å². The minimum Gasteiger partial charge on any atom is -0.500 e. The zero-order chi connectivity index (χ0) is 46.9. The molecule has 337 valence electrons. The number of imidazole rings is 1. The number of benzene rings is 7. The average molecular weight is 1060 g/mol. The molecule has 0 bridgehead atoms. The molecule has 3 heterocycles. The normalized spacial score (nSPS) is 12.6. The van der Waals surface area contributed by atoms with E-state index < -0.39 is 14.0 Å². The van der Waals surface area contributed by atoms with Gasteiger partial charge in [-0.1, -0.05) is 172 Å². The number of aromatic nitrogens is 3. The van der Waals surface area contributed by atoms with Gasteiger partial charge >= 0.3 is 0 Å². The summed E-state index contributed by atoms with van der Waals surface area (Å²) in [6, 6.07) is 51.7. The van der Waals surface area contributed by atoms with Crippen LogP contribution >= 0.6 is 0 Å². The van der Waals surface area contributed by atoms with Crippen molar-refractivity contribution in [2.45, 2.75) is 105 Å². The molecular weight excluding hydrogens is 999 g/mol. The van der Waals surface area contributed by atoms with Crippen LogP contribution in [-0.2, 0) is 25.5 Å². The Labute approximate surface area is 407 Å². The molecule has 3 aromatic heterocycles. The largest absolute Gasteiger partial charge is 0.500 e. The third-order valence-electron chi connectivity index (χ3n) is 12.8. The fourth-order valence-corrected chi connectivity index (χ4v) is 10.8. The molecule has 0 N–H and O–H groups in total. The van der Waals surface area contributed by atoms with E-state index in [1.165, 1.54) is 43.7 Å². The maximum Gasteiger partial charge on any atom is 0.128 e. The van der Waals surface area contributed by atoms with Crippen molar-refractivity contribution in [1.82, 2.24) is 14.5 Å². The second-order valence-corrected chi connectivity index (χ2v) is 25.6. The van der Waals surface area contributed by atoms with Gasteiger partial charge in [0, 0.05) is 44.1 Å². The van der Waals surface area contributed by atoms with E-state index in [0.29, 0.717) is 11.8 Å². The minimum atomic E-state index is -1.50. The van der Waals surface area contributed by atoms with Crippen LogP contribution in [0.15, 0.2) is 138 Å². The molecule has 10 aromatic rings. The van der Waals surface area contributed by atoms with Crippen molar-refractivity contribution in [3.05, 3.63) is 168 Å². The third-order valence-corrected chi connectivity index (χ3v) is 14.8. The molecular formula is C60H61IrN3OSi-2. The number of nitrogens with zero attached hydrogens (tertiary/aromatic N) is 3. The van der Waals surface area contributed by atoms with E-state index >= 15 is 0 Å². The first kappa shape index (κ1) is 45.5. The van der Waals surface area contributed by atoms with E-state index in [0.717, 1.165) is 66.6 Å². The Hall–Kier alpha value is -5.65. The Morgan fingerprint density at radius 3 is 1.98 bits per heavy atom. The quantitative estimate of drug-likeness (QED) is 0.0908. The SMILES string of the molecule is CC(C)c1cc(C(C)(C)C)cc(C(C)C)c1-n1c(-c2[c-]cc3oc4c(ccc5c6ccccc6ccc54)c3c2)nc2ccccc21.[2H]C(C)(C)c1cc(-c2[c-]cccc2)ncc1[Si](C)(C)C.[Ir]. The van der Waals surface area contributed by atoms with Gasteiger partial charge in [-0.15, -0.1) is 59.7 Å². The Morgan fingerprint density at radius 1 is 0.667 bits per heavy atom. The maximum atomic E-state index is 8.44. The van der Waals surface area contributed by atoms with Gasteiger partial charge in [0.1, 0.15) is 5.58 Å². The van der Waals surface area contributed by atoms with E-state index in [4.69, 9.17) is 10.8 Å². The number of fused-ring (bicyclic) bond motifs is 8. The molecule has 6 heteroatoms. The number of hydrogen-bond acceptors (Lipinski definition) is 3. The molecule has 0 saturated carbocycles. The van der Waals surface area contributed by atoms with Gasteiger partial charge in [-0.3, -0.25) is 4.98 Å². The predicted molar refractivity (Wildman–Crippen MR) is 280 cm³/mol. The summed E-state index contributed by atoms with van der Waals surface area (Å²) in [6.07, 6.45) is 1.98. The van der Waals surface area contributed by atoms with Gasteiger partial charge in [-0.2, -0.15) is 0 Å². The summed E-state index contributed by atoms with van der Waals surface area (Å²) in [5, 5.41) is 8.27. The number of pyridine rings is 1. The Balaban J connectivity index is 0.000000244. The minimum absolute atomic E-state index is 0. The molecule has 0 aliphatic rings. The standard InChI is InChI=1S/C43H39N2O.C17H22NSi.Ir/c1-25(2)34-23-29(43(5,6)7)24-35(26(3)4)40(34)45-38-15-11-10-14-37(38)44-42(45)28-17-21-39-36(22-28)33-20-19-31-30-13-9-8-12-27(30)16-18-32(31)41(33)46-39;1-13(2)15-11-16(14-9-7-6-8-10-14)18-12-17(15)19(3,4)5;/h8-16,18-26H,1-7H3;6-9,11-13H,1-5H3;/q2*-1;/i;13D;. The second kappa shape index (κ2) is 18.2. The van der Waals surface area contributed by atoms with Crippen molar-refractivity contribution < 1.29 is 25.9 Å². The van der Waals surface area contributed by atoms with Crippen molar-refractivity contribution in [1.29, 1.82) is 0 Å². The summed E-state index contributed by atoms with van der Waals surface area (Å²) < 4.78 is 17.4.